The van der Waals surface area contributed by atoms with Gasteiger partial charge >= 0.3 is 0 Å². The summed E-state index contributed by atoms with van der Waals surface area (Å²) < 4.78 is 5.37. The normalized spacial score (nSPS) is 33.0. The van der Waals surface area contributed by atoms with Crippen LogP contribution in [0.25, 0.3) is 0 Å². The molecule has 0 saturated carbocycles. The van der Waals surface area contributed by atoms with Gasteiger partial charge in [-0.15, -0.1) is 0 Å². The van der Waals surface area contributed by atoms with E-state index in [9.17, 15) is 4.79 Å². The fourth-order valence-electron chi connectivity index (χ4n) is 2.04. The van der Waals surface area contributed by atoms with Crippen LogP contribution < -0.4 is 10.6 Å². The monoisotopic (exact) mass is 198 g/mol. The average Bonchev–Trinajstić information content (AvgIpc) is 2.63. The minimum atomic E-state index is 0.191. The highest BCUT2D eigenvalue weighted by Crippen LogP contribution is 2.08. The molecule has 4 nitrogen and oxygen atoms in total. The van der Waals surface area contributed by atoms with Crippen molar-refractivity contribution < 1.29 is 9.53 Å². The van der Waals surface area contributed by atoms with E-state index in [1.807, 2.05) is 0 Å². The van der Waals surface area contributed by atoms with Gasteiger partial charge in [-0.3, -0.25) is 4.79 Å². The molecule has 0 aromatic carbocycles. The van der Waals surface area contributed by atoms with Crippen LogP contribution in [0.1, 0.15) is 25.7 Å². The molecule has 2 aliphatic heterocycles. The molecule has 0 aromatic rings. The summed E-state index contributed by atoms with van der Waals surface area (Å²) in [6.07, 6.45) is 4.00. The molecule has 0 radical (unpaired) electrons. The molecule has 4 heteroatoms. The van der Waals surface area contributed by atoms with Crippen LogP contribution in [0.5, 0.6) is 0 Å². The van der Waals surface area contributed by atoms with E-state index in [0.717, 1.165) is 32.6 Å². The van der Waals surface area contributed by atoms with E-state index in [-0.39, 0.29) is 5.91 Å². The molecule has 2 aliphatic rings. The number of hydrogen-bond acceptors (Lipinski definition) is 3. The molecule has 2 rings (SSSR count). The number of carbonyl (C=O) groups excluding carboxylic acids is 1. The fourth-order valence-corrected chi connectivity index (χ4v) is 2.04. The molecule has 2 fully saturated rings. The second kappa shape index (κ2) is 4.75. The van der Waals surface area contributed by atoms with Crippen molar-refractivity contribution >= 4 is 5.91 Å². The minimum absolute atomic E-state index is 0.191. The van der Waals surface area contributed by atoms with Gasteiger partial charge in [0.1, 0.15) is 0 Å². The predicted octanol–water partition coefficient (Wildman–Crippen LogP) is 0.0336. The van der Waals surface area contributed by atoms with Gasteiger partial charge in [-0.05, 0) is 19.3 Å². The predicted molar refractivity (Wildman–Crippen MR) is 53.0 cm³/mol. The number of amides is 1. The van der Waals surface area contributed by atoms with Gasteiger partial charge in [0.15, 0.2) is 0 Å². The molecule has 0 spiro atoms. The lowest BCUT2D eigenvalue weighted by Crippen LogP contribution is -2.43. The summed E-state index contributed by atoms with van der Waals surface area (Å²) in [5.41, 5.74) is 0. The van der Waals surface area contributed by atoms with Crippen LogP contribution in [0, 0.1) is 0 Å². The summed E-state index contributed by atoms with van der Waals surface area (Å²) in [5, 5.41) is 6.40. The van der Waals surface area contributed by atoms with Crippen LogP contribution in [0.4, 0.5) is 0 Å². The van der Waals surface area contributed by atoms with Crippen molar-refractivity contribution in [1.29, 1.82) is 0 Å². The van der Waals surface area contributed by atoms with E-state index < -0.39 is 0 Å². The van der Waals surface area contributed by atoms with Gasteiger partial charge in [0, 0.05) is 31.7 Å². The molecule has 1 amide bonds. The van der Waals surface area contributed by atoms with Gasteiger partial charge in [0.05, 0.1) is 6.61 Å². The Hall–Kier alpha value is -0.610. The van der Waals surface area contributed by atoms with Crippen LogP contribution in [-0.4, -0.2) is 37.7 Å². The van der Waals surface area contributed by atoms with Gasteiger partial charge in [0.2, 0.25) is 5.91 Å². The first-order valence-electron chi connectivity index (χ1n) is 5.45. The maximum Gasteiger partial charge on any atom is 0.220 e. The zero-order valence-electron chi connectivity index (χ0n) is 8.42. The van der Waals surface area contributed by atoms with E-state index >= 15 is 0 Å². The van der Waals surface area contributed by atoms with Crippen molar-refractivity contribution in [3.05, 3.63) is 0 Å². The van der Waals surface area contributed by atoms with Gasteiger partial charge < -0.3 is 15.4 Å². The van der Waals surface area contributed by atoms with Crippen LogP contribution in [0.15, 0.2) is 0 Å². The number of nitrogens with one attached hydrogen (secondary N) is 2. The van der Waals surface area contributed by atoms with Crippen molar-refractivity contribution in [2.45, 2.75) is 37.8 Å². The second-order valence-electron chi connectivity index (χ2n) is 4.13. The summed E-state index contributed by atoms with van der Waals surface area (Å²) >= 11 is 0. The second-order valence-corrected chi connectivity index (χ2v) is 4.13. The first-order valence-corrected chi connectivity index (χ1v) is 5.45. The zero-order chi connectivity index (χ0) is 9.80. The lowest BCUT2D eigenvalue weighted by atomic mass is 10.1. The van der Waals surface area contributed by atoms with Crippen LogP contribution in [0.3, 0.4) is 0 Å². The van der Waals surface area contributed by atoms with Crippen LogP contribution in [-0.2, 0) is 9.53 Å². The third-order valence-corrected chi connectivity index (χ3v) is 2.90. The molecule has 0 aromatic heterocycles. The third-order valence-electron chi connectivity index (χ3n) is 2.90. The van der Waals surface area contributed by atoms with Crippen molar-refractivity contribution in [3.63, 3.8) is 0 Å². The Balaban J connectivity index is 1.63. The maximum absolute atomic E-state index is 10.9. The topological polar surface area (TPSA) is 50.4 Å². The van der Waals surface area contributed by atoms with Crippen molar-refractivity contribution in [2.24, 2.45) is 0 Å². The SMILES string of the molecule is O=C1CCC(CNC2CCCOC2)N1. The largest absolute Gasteiger partial charge is 0.380 e. The molecule has 14 heavy (non-hydrogen) atoms. The minimum Gasteiger partial charge on any atom is -0.380 e. The lowest BCUT2D eigenvalue weighted by Gasteiger charge is -2.24. The van der Waals surface area contributed by atoms with E-state index in [1.165, 1.54) is 6.42 Å². The third kappa shape index (κ3) is 2.69. The molecule has 80 valence electrons. The Kier molecular flexibility index (Phi) is 3.37. The molecule has 2 saturated heterocycles. The highest BCUT2D eigenvalue weighted by Gasteiger charge is 2.22. The van der Waals surface area contributed by atoms with Crippen molar-refractivity contribution in [1.82, 2.24) is 10.6 Å². The summed E-state index contributed by atoms with van der Waals surface area (Å²) in [7, 11) is 0. The fraction of sp³-hybridized carbons (Fsp3) is 0.900. The molecular formula is C10H18N2O2. The van der Waals surface area contributed by atoms with E-state index in [2.05, 4.69) is 10.6 Å². The van der Waals surface area contributed by atoms with Gasteiger partial charge in [-0.25, -0.2) is 0 Å². The molecule has 0 aliphatic carbocycles. The molecule has 2 heterocycles. The number of hydrogen-bond donors (Lipinski definition) is 2. The zero-order valence-corrected chi connectivity index (χ0v) is 8.42. The molecule has 0 bridgehead atoms. The lowest BCUT2D eigenvalue weighted by molar-refractivity contribution is -0.119. The molecular weight excluding hydrogens is 180 g/mol. The number of rotatable bonds is 3. The molecule has 2 N–H and O–H groups in total. The molecule has 2 atom stereocenters. The number of carbonyl (C=O) groups is 1. The smallest absolute Gasteiger partial charge is 0.220 e. The van der Waals surface area contributed by atoms with Gasteiger partial charge in [-0.2, -0.15) is 0 Å². The first kappa shape index (κ1) is 9.93. The number of ether oxygens (including phenoxy) is 1. The maximum atomic E-state index is 10.9. The molecule has 2 unspecified atom stereocenters. The summed E-state index contributed by atoms with van der Waals surface area (Å²) in [6, 6.07) is 0.825. The Morgan fingerprint density at radius 3 is 3.07 bits per heavy atom. The highest BCUT2D eigenvalue weighted by molar-refractivity contribution is 5.78. The summed E-state index contributed by atoms with van der Waals surface area (Å²) in [6.45, 7) is 2.61. The van der Waals surface area contributed by atoms with Crippen LogP contribution >= 0.6 is 0 Å². The van der Waals surface area contributed by atoms with Crippen LogP contribution in [0.2, 0.25) is 0 Å². The Bertz CT molecular complexity index is 202. The van der Waals surface area contributed by atoms with E-state index in [4.69, 9.17) is 4.74 Å². The van der Waals surface area contributed by atoms with Gasteiger partial charge in [0.25, 0.3) is 0 Å². The summed E-state index contributed by atoms with van der Waals surface area (Å²) in [4.78, 5) is 10.9. The van der Waals surface area contributed by atoms with Crippen molar-refractivity contribution in [2.75, 3.05) is 19.8 Å². The standard InChI is InChI=1S/C10H18N2O2/c13-10-4-3-8(12-10)6-11-9-2-1-5-14-7-9/h8-9,11H,1-7H2,(H,12,13). The average molecular weight is 198 g/mol. The summed E-state index contributed by atoms with van der Waals surface area (Å²) in [5.74, 6) is 0.191. The first-order chi connectivity index (χ1) is 6.84. The van der Waals surface area contributed by atoms with E-state index in [1.54, 1.807) is 0 Å². The quantitative estimate of drug-likeness (QED) is 0.673. The Labute approximate surface area is 84.4 Å². The Morgan fingerprint density at radius 2 is 2.43 bits per heavy atom. The van der Waals surface area contributed by atoms with E-state index in [0.29, 0.717) is 18.5 Å². The highest BCUT2D eigenvalue weighted by atomic mass is 16.5. The van der Waals surface area contributed by atoms with Crippen molar-refractivity contribution in [3.8, 4) is 0 Å². The van der Waals surface area contributed by atoms with Gasteiger partial charge in [-0.1, -0.05) is 0 Å². The Morgan fingerprint density at radius 1 is 1.50 bits per heavy atom.